The van der Waals surface area contributed by atoms with Crippen LogP contribution < -0.4 is 5.32 Å². The predicted octanol–water partition coefficient (Wildman–Crippen LogP) is -0.301. The summed E-state index contributed by atoms with van der Waals surface area (Å²) in [5, 5.41) is 3.16. The smallest absolute Gasteiger partial charge is 0.310 e. The van der Waals surface area contributed by atoms with Crippen molar-refractivity contribution < 1.29 is 9.53 Å². The number of likely N-dealkylation sites (tertiary alicyclic amines) is 1. The first kappa shape index (κ1) is 10.5. The molecule has 0 aromatic rings. The van der Waals surface area contributed by atoms with Gasteiger partial charge < -0.3 is 15.0 Å². The number of likely N-dealkylation sites (N-methyl/N-ethyl adjacent to an activating group) is 2. The lowest BCUT2D eigenvalue weighted by molar-refractivity contribution is -0.148. The molecule has 13 heavy (non-hydrogen) atoms. The van der Waals surface area contributed by atoms with Crippen LogP contribution in [0.2, 0.25) is 0 Å². The van der Waals surface area contributed by atoms with Crippen LogP contribution in [0.4, 0.5) is 0 Å². The third-order valence-corrected chi connectivity index (χ3v) is 2.69. The molecule has 1 aliphatic heterocycles. The molecule has 0 aliphatic carbocycles. The summed E-state index contributed by atoms with van der Waals surface area (Å²) in [4.78, 5) is 13.6. The number of rotatable bonds is 2. The summed E-state index contributed by atoms with van der Waals surface area (Å²) in [7, 11) is 5.41. The molecule has 2 atom stereocenters. The average Bonchev–Trinajstić information content (AvgIpc) is 2.16. The predicted molar refractivity (Wildman–Crippen MR) is 50.5 cm³/mol. The van der Waals surface area contributed by atoms with E-state index in [1.165, 1.54) is 7.11 Å². The second kappa shape index (κ2) is 4.58. The number of nitrogens with zero attached hydrogens (tertiary/aromatic N) is 1. The zero-order valence-corrected chi connectivity index (χ0v) is 8.54. The monoisotopic (exact) mass is 186 g/mol. The number of nitrogens with one attached hydrogen (secondary N) is 1. The molecular weight excluding hydrogens is 168 g/mol. The van der Waals surface area contributed by atoms with Crippen molar-refractivity contribution in [2.75, 3.05) is 34.3 Å². The van der Waals surface area contributed by atoms with E-state index < -0.39 is 0 Å². The molecule has 1 aliphatic rings. The summed E-state index contributed by atoms with van der Waals surface area (Å²) in [6, 6.07) is 0.228. The molecule has 1 fully saturated rings. The zero-order valence-electron chi connectivity index (χ0n) is 8.54. The fourth-order valence-corrected chi connectivity index (χ4v) is 1.84. The number of methoxy groups -OCH3 is 1. The molecule has 4 nitrogen and oxygen atoms in total. The Bertz CT molecular complexity index is 184. The maximum Gasteiger partial charge on any atom is 0.310 e. The molecule has 1 N–H and O–H groups in total. The summed E-state index contributed by atoms with van der Waals surface area (Å²) in [5.41, 5.74) is 0. The molecule has 0 spiro atoms. The van der Waals surface area contributed by atoms with E-state index >= 15 is 0 Å². The number of esters is 1. The molecule has 2 unspecified atom stereocenters. The largest absolute Gasteiger partial charge is 0.469 e. The summed E-state index contributed by atoms with van der Waals surface area (Å²) in [6.45, 7) is 1.88. The van der Waals surface area contributed by atoms with E-state index in [4.69, 9.17) is 4.74 Å². The van der Waals surface area contributed by atoms with Crippen molar-refractivity contribution in [3.8, 4) is 0 Å². The van der Waals surface area contributed by atoms with E-state index in [0.717, 1.165) is 19.5 Å². The molecule has 0 amide bonds. The van der Waals surface area contributed by atoms with E-state index in [2.05, 4.69) is 17.3 Å². The molecule has 76 valence electrons. The van der Waals surface area contributed by atoms with E-state index in [0.29, 0.717) is 0 Å². The van der Waals surface area contributed by atoms with Crippen LogP contribution in [0.5, 0.6) is 0 Å². The Morgan fingerprint density at radius 2 is 2.31 bits per heavy atom. The first-order valence-electron chi connectivity index (χ1n) is 4.62. The van der Waals surface area contributed by atoms with Crippen molar-refractivity contribution in [2.45, 2.75) is 12.5 Å². The molecule has 1 heterocycles. The van der Waals surface area contributed by atoms with Gasteiger partial charge in [0.05, 0.1) is 13.0 Å². The topological polar surface area (TPSA) is 41.6 Å². The minimum Gasteiger partial charge on any atom is -0.469 e. The van der Waals surface area contributed by atoms with Crippen LogP contribution in [0.3, 0.4) is 0 Å². The summed E-state index contributed by atoms with van der Waals surface area (Å²) < 4.78 is 4.76. The van der Waals surface area contributed by atoms with Gasteiger partial charge in [0.1, 0.15) is 0 Å². The average molecular weight is 186 g/mol. The first-order chi connectivity index (χ1) is 6.19. The maximum absolute atomic E-state index is 11.4. The highest BCUT2D eigenvalue weighted by Gasteiger charge is 2.32. The molecule has 0 radical (unpaired) electrons. The lowest BCUT2D eigenvalue weighted by Gasteiger charge is -2.34. The van der Waals surface area contributed by atoms with Gasteiger partial charge in [0.15, 0.2) is 0 Å². The first-order valence-corrected chi connectivity index (χ1v) is 4.62. The third-order valence-electron chi connectivity index (χ3n) is 2.69. The molecule has 4 heteroatoms. The molecule has 0 bridgehead atoms. The second-order valence-electron chi connectivity index (χ2n) is 3.58. The third kappa shape index (κ3) is 2.42. The molecule has 1 saturated heterocycles. The molecule has 0 saturated carbocycles. The molecule has 0 aromatic heterocycles. The van der Waals surface area contributed by atoms with E-state index in [-0.39, 0.29) is 17.9 Å². The highest BCUT2D eigenvalue weighted by atomic mass is 16.5. The molecular formula is C9H18N2O2. The number of piperidine rings is 1. The second-order valence-corrected chi connectivity index (χ2v) is 3.58. The normalized spacial score (nSPS) is 30.1. The van der Waals surface area contributed by atoms with Crippen molar-refractivity contribution in [3.05, 3.63) is 0 Å². The Balaban J connectivity index is 2.57. The maximum atomic E-state index is 11.4. The van der Waals surface area contributed by atoms with Gasteiger partial charge in [0.25, 0.3) is 0 Å². The molecule has 0 aromatic carbocycles. The van der Waals surface area contributed by atoms with Gasteiger partial charge in [0, 0.05) is 12.6 Å². The lowest BCUT2D eigenvalue weighted by Crippen LogP contribution is -2.51. The Kier molecular flexibility index (Phi) is 3.69. The number of hydrogen-bond acceptors (Lipinski definition) is 4. The van der Waals surface area contributed by atoms with E-state index in [9.17, 15) is 4.79 Å². The van der Waals surface area contributed by atoms with Gasteiger partial charge in [-0.1, -0.05) is 0 Å². The summed E-state index contributed by atoms with van der Waals surface area (Å²) in [6.07, 6.45) is 0.884. The van der Waals surface area contributed by atoms with Gasteiger partial charge in [-0.3, -0.25) is 4.79 Å². The van der Waals surface area contributed by atoms with Crippen LogP contribution >= 0.6 is 0 Å². The fourth-order valence-electron chi connectivity index (χ4n) is 1.84. The summed E-state index contributed by atoms with van der Waals surface area (Å²) >= 11 is 0. The van der Waals surface area contributed by atoms with Crippen molar-refractivity contribution in [3.63, 3.8) is 0 Å². The Hall–Kier alpha value is -0.610. The number of hydrogen-bond donors (Lipinski definition) is 1. The van der Waals surface area contributed by atoms with E-state index in [1.54, 1.807) is 0 Å². The SMILES string of the molecule is CNC1CN(C)CCC1C(=O)OC. The Morgan fingerprint density at radius 1 is 1.62 bits per heavy atom. The van der Waals surface area contributed by atoms with Crippen LogP contribution in [0.1, 0.15) is 6.42 Å². The number of carbonyl (C=O) groups excluding carboxylic acids is 1. The minimum absolute atomic E-state index is 0.0196. The van der Waals surface area contributed by atoms with Gasteiger partial charge in [-0.2, -0.15) is 0 Å². The van der Waals surface area contributed by atoms with Crippen molar-refractivity contribution in [1.82, 2.24) is 10.2 Å². The molecule has 1 rings (SSSR count). The number of ether oxygens (including phenoxy) is 1. The Morgan fingerprint density at radius 3 is 2.85 bits per heavy atom. The standard InChI is InChI=1S/C9H18N2O2/c1-10-8-6-11(2)5-4-7(8)9(12)13-3/h7-8,10H,4-6H2,1-3H3. The number of carbonyl (C=O) groups is 1. The quantitative estimate of drug-likeness (QED) is 0.601. The van der Waals surface area contributed by atoms with Gasteiger partial charge in [0.2, 0.25) is 0 Å². The van der Waals surface area contributed by atoms with Crippen molar-refractivity contribution in [1.29, 1.82) is 0 Å². The van der Waals surface area contributed by atoms with Crippen LogP contribution in [0.25, 0.3) is 0 Å². The lowest BCUT2D eigenvalue weighted by atomic mass is 9.92. The van der Waals surface area contributed by atoms with E-state index in [1.807, 2.05) is 7.05 Å². The van der Waals surface area contributed by atoms with Gasteiger partial charge in [-0.15, -0.1) is 0 Å². The van der Waals surface area contributed by atoms with Gasteiger partial charge in [-0.25, -0.2) is 0 Å². The zero-order chi connectivity index (χ0) is 9.84. The van der Waals surface area contributed by atoms with Crippen molar-refractivity contribution in [2.24, 2.45) is 5.92 Å². The Labute approximate surface area is 79.2 Å². The highest BCUT2D eigenvalue weighted by Crippen LogP contribution is 2.17. The van der Waals surface area contributed by atoms with Gasteiger partial charge in [-0.05, 0) is 27.1 Å². The highest BCUT2D eigenvalue weighted by molar-refractivity contribution is 5.73. The minimum atomic E-state index is -0.0903. The van der Waals surface area contributed by atoms with Crippen LogP contribution in [0, 0.1) is 5.92 Å². The van der Waals surface area contributed by atoms with Crippen LogP contribution in [-0.4, -0.2) is 51.2 Å². The van der Waals surface area contributed by atoms with Crippen LogP contribution in [0.15, 0.2) is 0 Å². The summed E-state index contributed by atoms with van der Waals surface area (Å²) in [5.74, 6) is -0.0707. The van der Waals surface area contributed by atoms with Gasteiger partial charge >= 0.3 is 5.97 Å². The van der Waals surface area contributed by atoms with Crippen molar-refractivity contribution >= 4 is 5.97 Å². The fraction of sp³-hybridized carbons (Fsp3) is 0.889. The van der Waals surface area contributed by atoms with Crippen LogP contribution in [-0.2, 0) is 9.53 Å².